The molecule has 0 aromatic heterocycles. The van der Waals surface area contributed by atoms with Gasteiger partial charge in [-0.05, 0) is 49.8 Å². The Hall–Kier alpha value is 0.860. The molecule has 0 bridgehead atoms. The normalized spacial score (nSPS) is 53.4. The molecule has 0 N–H and O–H groups in total. The Balaban J connectivity index is 1.87. The lowest BCUT2D eigenvalue weighted by Crippen LogP contribution is -2.37. The molecule has 0 radical (unpaired) electrons. The third-order valence-electron chi connectivity index (χ3n) is 3.13. The molecule has 4 unspecified atom stereocenters. The first-order chi connectivity index (χ1) is 4.79. The maximum Gasteiger partial charge on any atom is -0.0141 e. The summed E-state index contributed by atoms with van der Waals surface area (Å²) in [5.41, 5.74) is 2.44. The quantitative estimate of drug-likeness (QED) is 0.536. The summed E-state index contributed by atoms with van der Waals surface area (Å²) in [6, 6.07) is 0. The van der Waals surface area contributed by atoms with E-state index in [1.165, 1.54) is 11.3 Å². The molecule has 0 aromatic carbocycles. The highest BCUT2D eigenvalue weighted by Gasteiger charge is 2.40. The van der Waals surface area contributed by atoms with E-state index in [0.717, 1.165) is 0 Å². The van der Waals surface area contributed by atoms with Gasteiger partial charge >= 0.3 is 0 Å². The first kappa shape index (κ1) is 7.51. The zero-order valence-electron chi connectivity index (χ0n) is 6.88. The highest BCUT2D eigenvalue weighted by Crippen LogP contribution is 2.63. The molecule has 58 valence electrons. The van der Waals surface area contributed by atoms with Gasteiger partial charge in [0, 0.05) is 0 Å². The third-order valence-corrected chi connectivity index (χ3v) is 8.79. The van der Waals surface area contributed by atoms with Gasteiger partial charge in [-0.15, -0.1) is 15.8 Å². The van der Waals surface area contributed by atoms with Crippen LogP contribution in [-0.2, 0) is 0 Å². The Kier molecular flexibility index (Phi) is 2.04. The molecular weight excluding hydrogens is 158 g/mol. The molecule has 0 spiro atoms. The summed E-state index contributed by atoms with van der Waals surface area (Å²) in [6.45, 7) is 5.01. The monoisotopic (exact) mass is 174 g/mol. The molecule has 0 aliphatic carbocycles. The minimum atomic E-state index is 0.514. The Morgan fingerprint density at radius 2 is 1.30 bits per heavy atom. The SMILES string of the molecule is CP1CCC1C1CCP1C. The van der Waals surface area contributed by atoms with E-state index in [4.69, 9.17) is 0 Å². The van der Waals surface area contributed by atoms with Gasteiger partial charge in [0.2, 0.25) is 0 Å². The first-order valence-electron chi connectivity index (χ1n) is 4.19. The average Bonchev–Trinajstić information content (AvgIpc) is 1.93. The van der Waals surface area contributed by atoms with E-state index in [9.17, 15) is 0 Å². The van der Waals surface area contributed by atoms with E-state index < -0.39 is 0 Å². The lowest BCUT2D eigenvalue weighted by molar-refractivity contribution is 0.653. The predicted molar refractivity (Wildman–Crippen MR) is 52.2 cm³/mol. The van der Waals surface area contributed by atoms with E-state index in [1.807, 2.05) is 0 Å². The van der Waals surface area contributed by atoms with Gasteiger partial charge in [-0.1, -0.05) is 0 Å². The Bertz CT molecular complexity index is 119. The maximum atomic E-state index is 2.50. The molecule has 2 fully saturated rings. The summed E-state index contributed by atoms with van der Waals surface area (Å²) in [7, 11) is 1.03. The van der Waals surface area contributed by atoms with Crippen LogP contribution in [0.5, 0.6) is 0 Å². The molecule has 4 atom stereocenters. The molecule has 10 heavy (non-hydrogen) atoms. The summed E-state index contributed by atoms with van der Waals surface area (Å²) in [5.74, 6) is 0. The topological polar surface area (TPSA) is 0 Å². The smallest absolute Gasteiger partial charge is 0.0141 e. The van der Waals surface area contributed by atoms with Crippen molar-refractivity contribution in [1.82, 2.24) is 0 Å². The van der Waals surface area contributed by atoms with Gasteiger partial charge < -0.3 is 0 Å². The molecule has 2 heterocycles. The highest BCUT2D eigenvalue weighted by atomic mass is 31.1. The van der Waals surface area contributed by atoms with Crippen LogP contribution < -0.4 is 0 Å². The van der Waals surface area contributed by atoms with Crippen LogP contribution >= 0.6 is 15.8 Å². The van der Waals surface area contributed by atoms with Gasteiger partial charge in [0.15, 0.2) is 0 Å². The molecule has 2 aliphatic heterocycles. The van der Waals surface area contributed by atoms with E-state index in [0.29, 0.717) is 15.8 Å². The Labute approximate surface area is 66.3 Å². The van der Waals surface area contributed by atoms with E-state index >= 15 is 0 Å². The van der Waals surface area contributed by atoms with Gasteiger partial charge in [-0.3, -0.25) is 0 Å². The second-order valence-electron chi connectivity index (χ2n) is 3.67. The van der Waals surface area contributed by atoms with Crippen molar-refractivity contribution in [1.29, 1.82) is 0 Å². The third kappa shape index (κ3) is 1.05. The zero-order chi connectivity index (χ0) is 7.14. The molecule has 0 nitrogen and oxygen atoms in total. The zero-order valence-corrected chi connectivity index (χ0v) is 8.67. The lowest BCUT2D eigenvalue weighted by atomic mass is 10.2. The number of rotatable bonds is 1. The van der Waals surface area contributed by atoms with Crippen LogP contribution in [0.4, 0.5) is 0 Å². The maximum absolute atomic E-state index is 2.50. The second-order valence-corrected chi connectivity index (χ2v) is 8.92. The Morgan fingerprint density at radius 1 is 0.900 bits per heavy atom. The summed E-state index contributed by atoms with van der Waals surface area (Å²) in [5, 5.41) is 0. The van der Waals surface area contributed by atoms with Crippen LogP contribution in [0.25, 0.3) is 0 Å². The van der Waals surface area contributed by atoms with E-state index in [1.54, 1.807) is 25.2 Å². The van der Waals surface area contributed by atoms with Crippen molar-refractivity contribution in [3.05, 3.63) is 0 Å². The average molecular weight is 174 g/mol. The molecule has 2 rings (SSSR count). The van der Waals surface area contributed by atoms with Crippen LogP contribution in [0.1, 0.15) is 12.8 Å². The van der Waals surface area contributed by atoms with Gasteiger partial charge in [-0.25, -0.2) is 0 Å². The summed E-state index contributed by atoms with van der Waals surface area (Å²) in [4.78, 5) is 0. The standard InChI is InChI=1S/C8H16P2/c1-9-5-3-7(9)8-4-6-10(8)2/h7-8H,3-6H2,1-2H3. The predicted octanol–water partition coefficient (Wildman–Crippen LogP) is 2.75. The van der Waals surface area contributed by atoms with Crippen molar-refractivity contribution in [2.24, 2.45) is 0 Å². The summed E-state index contributed by atoms with van der Waals surface area (Å²) in [6.07, 6.45) is 6.33. The van der Waals surface area contributed by atoms with Gasteiger partial charge in [-0.2, -0.15) is 0 Å². The molecular formula is C8H16P2. The van der Waals surface area contributed by atoms with Crippen LogP contribution in [0.15, 0.2) is 0 Å². The largest absolute Gasteiger partial charge is 0.106 e. The van der Waals surface area contributed by atoms with Gasteiger partial charge in [0.1, 0.15) is 0 Å². The van der Waals surface area contributed by atoms with Crippen molar-refractivity contribution >= 4 is 15.8 Å². The minimum Gasteiger partial charge on any atom is -0.106 e. The van der Waals surface area contributed by atoms with Crippen LogP contribution in [0.2, 0.25) is 0 Å². The second kappa shape index (κ2) is 2.72. The summed E-state index contributed by atoms with van der Waals surface area (Å²) >= 11 is 0. The van der Waals surface area contributed by atoms with Crippen molar-refractivity contribution in [3.63, 3.8) is 0 Å². The fourth-order valence-electron chi connectivity index (χ4n) is 2.05. The molecule has 2 saturated heterocycles. The van der Waals surface area contributed by atoms with Gasteiger partial charge in [0.25, 0.3) is 0 Å². The summed E-state index contributed by atoms with van der Waals surface area (Å²) < 4.78 is 0. The van der Waals surface area contributed by atoms with Crippen molar-refractivity contribution < 1.29 is 0 Å². The molecule has 2 heteroatoms. The fourth-order valence-corrected chi connectivity index (χ4v) is 7.03. The Morgan fingerprint density at radius 3 is 1.40 bits per heavy atom. The first-order valence-corrected chi connectivity index (χ1v) is 8.28. The highest BCUT2D eigenvalue weighted by molar-refractivity contribution is 7.64. The molecule has 0 saturated carbocycles. The van der Waals surface area contributed by atoms with Crippen molar-refractivity contribution in [2.75, 3.05) is 25.7 Å². The number of hydrogen-bond donors (Lipinski definition) is 0. The van der Waals surface area contributed by atoms with E-state index in [-0.39, 0.29) is 0 Å². The molecule has 0 aromatic rings. The molecule has 0 amide bonds. The fraction of sp³-hybridized carbons (Fsp3) is 1.00. The van der Waals surface area contributed by atoms with Crippen molar-refractivity contribution in [3.8, 4) is 0 Å². The lowest BCUT2D eigenvalue weighted by Gasteiger charge is -2.48. The number of hydrogen-bond acceptors (Lipinski definition) is 0. The van der Waals surface area contributed by atoms with Crippen LogP contribution in [0.3, 0.4) is 0 Å². The molecule has 2 aliphatic rings. The minimum absolute atomic E-state index is 0.514. The van der Waals surface area contributed by atoms with Crippen LogP contribution in [0, 0.1) is 0 Å². The van der Waals surface area contributed by atoms with Crippen LogP contribution in [-0.4, -0.2) is 37.0 Å². The van der Waals surface area contributed by atoms with Gasteiger partial charge in [0.05, 0.1) is 0 Å². The van der Waals surface area contributed by atoms with E-state index in [2.05, 4.69) is 13.3 Å². The van der Waals surface area contributed by atoms with Crippen molar-refractivity contribution in [2.45, 2.75) is 24.2 Å².